The highest BCUT2D eigenvalue weighted by Gasteiger charge is 2.24. The van der Waals surface area contributed by atoms with E-state index in [9.17, 15) is 4.79 Å². The molecule has 0 atom stereocenters. The van der Waals surface area contributed by atoms with Crippen molar-refractivity contribution in [1.29, 1.82) is 0 Å². The molecule has 0 saturated carbocycles. The first-order valence-electron chi connectivity index (χ1n) is 5.91. The van der Waals surface area contributed by atoms with Gasteiger partial charge in [0, 0.05) is 5.92 Å². The number of carbonyl (C=O) groups excluding carboxylic acids is 1. The van der Waals surface area contributed by atoms with Gasteiger partial charge in [0.05, 0.1) is 5.69 Å². The van der Waals surface area contributed by atoms with Crippen molar-refractivity contribution in [2.24, 2.45) is 0 Å². The molecule has 102 valence electrons. The van der Waals surface area contributed by atoms with Crippen LogP contribution in [0.5, 0.6) is 0 Å². The molecule has 0 unspecified atom stereocenters. The highest BCUT2D eigenvalue weighted by Crippen LogP contribution is 2.23. The minimum atomic E-state index is -0.502. The molecule has 7 nitrogen and oxygen atoms in total. The van der Waals surface area contributed by atoms with Crippen molar-refractivity contribution in [2.75, 3.05) is 0 Å². The first kappa shape index (κ1) is 13.3. The van der Waals surface area contributed by atoms with E-state index in [1.807, 2.05) is 13.8 Å². The molecule has 2 aromatic heterocycles. The molecule has 0 saturated heterocycles. The van der Waals surface area contributed by atoms with Crippen molar-refractivity contribution >= 4 is 5.97 Å². The lowest BCUT2D eigenvalue weighted by molar-refractivity contribution is 0.0426. The number of nitrogens with zero attached hydrogens (tertiary/aromatic N) is 3. The zero-order chi connectivity index (χ0) is 14.0. The Balaban J connectivity index is 2.10. The van der Waals surface area contributed by atoms with E-state index in [4.69, 9.17) is 13.8 Å². The molecule has 2 heterocycles. The average Bonchev–Trinajstić information content (AvgIpc) is 2.92. The summed E-state index contributed by atoms with van der Waals surface area (Å²) in [5.74, 6) is 0.818. The normalized spacial score (nSPS) is 11.0. The molecule has 0 aromatic carbocycles. The van der Waals surface area contributed by atoms with Gasteiger partial charge in [0.25, 0.3) is 5.89 Å². The van der Waals surface area contributed by atoms with E-state index in [2.05, 4.69) is 15.3 Å². The standard InChI is InChI=1S/C12H15N3O4/c1-6(2)11-10(7(3)14-19-11)12(16)17-5-9-13-8(4)15-18-9/h6H,5H2,1-4H3. The van der Waals surface area contributed by atoms with E-state index >= 15 is 0 Å². The predicted octanol–water partition coefficient (Wildman–Crippen LogP) is 2.15. The Morgan fingerprint density at radius 3 is 2.58 bits per heavy atom. The van der Waals surface area contributed by atoms with Crippen LogP contribution in [0.1, 0.15) is 53.3 Å². The lowest BCUT2D eigenvalue weighted by atomic mass is 10.1. The minimum absolute atomic E-state index is 0.0504. The van der Waals surface area contributed by atoms with Crippen molar-refractivity contribution < 1.29 is 18.6 Å². The van der Waals surface area contributed by atoms with Crippen LogP contribution in [-0.4, -0.2) is 21.3 Å². The monoisotopic (exact) mass is 265 g/mol. The maximum Gasteiger partial charge on any atom is 0.344 e. The quantitative estimate of drug-likeness (QED) is 0.782. The second-order valence-corrected chi connectivity index (χ2v) is 4.47. The first-order valence-corrected chi connectivity index (χ1v) is 5.91. The Morgan fingerprint density at radius 1 is 1.26 bits per heavy atom. The van der Waals surface area contributed by atoms with Crippen LogP contribution in [0.15, 0.2) is 9.05 Å². The Labute approximate surface area is 109 Å². The average molecular weight is 265 g/mol. The number of aromatic nitrogens is 3. The number of hydrogen-bond acceptors (Lipinski definition) is 7. The van der Waals surface area contributed by atoms with Gasteiger partial charge in [0.1, 0.15) is 5.56 Å². The summed E-state index contributed by atoms with van der Waals surface area (Å²) in [6, 6.07) is 0. The third kappa shape index (κ3) is 2.81. The molecule has 2 rings (SSSR count). The fourth-order valence-electron chi connectivity index (χ4n) is 1.63. The van der Waals surface area contributed by atoms with Crippen molar-refractivity contribution in [1.82, 2.24) is 15.3 Å². The first-order chi connectivity index (χ1) is 8.99. The number of esters is 1. The SMILES string of the molecule is Cc1noc(COC(=O)c2c(C)noc2C(C)C)n1. The van der Waals surface area contributed by atoms with Crippen molar-refractivity contribution in [3.05, 3.63) is 28.7 Å². The number of ether oxygens (including phenoxy) is 1. The van der Waals surface area contributed by atoms with Crippen LogP contribution in [-0.2, 0) is 11.3 Å². The zero-order valence-corrected chi connectivity index (χ0v) is 11.3. The summed E-state index contributed by atoms with van der Waals surface area (Å²) in [5, 5.41) is 7.40. The van der Waals surface area contributed by atoms with Gasteiger partial charge in [-0.2, -0.15) is 4.98 Å². The molecule has 0 bridgehead atoms. The van der Waals surface area contributed by atoms with Gasteiger partial charge in [-0.15, -0.1) is 0 Å². The summed E-state index contributed by atoms with van der Waals surface area (Å²) in [7, 11) is 0. The van der Waals surface area contributed by atoms with Crippen molar-refractivity contribution in [3.63, 3.8) is 0 Å². The lowest BCUT2D eigenvalue weighted by Crippen LogP contribution is -2.09. The molecule has 0 radical (unpaired) electrons. The van der Waals surface area contributed by atoms with Crippen LogP contribution in [0.25, 0.3) is 0 Å². The topological polar surface area (TPSA) is 91.2 Å². The van der Waals surface area contributed by atoms with Crippen molar-refractivity contribution in [2.45, 2.75) is 40.2 Å². The fourth-order valence-corrected chi connectivity index (χ4v) is 1.63. The molecule has 0 fully saturated rings. The Hall–Kier alpha value is -2.18. The Bertz CT molecular complexity index is 586. The van der Waals surface area contributed by atoms with Gasteiger partial charge < -0.3 is 13.8 Å². The third-order valence-electron chi connectivity index (χ3n) is 2.51. The van der Waals surface area contributed by atoms with Gasteiger partial charge >= 0.3 is 5.97 Å². The van der Waals surface area contributed by atoms with Crippen LogP contribution in [0.2, 0.25) is 0 Å². The highest BCUT2D eigenvalue weighted by atomic mass is 16.6. The number of aryl methyl sites for hydroxylation is 2. The van der Waals surface area contributed by atoms with Crippen LogP contribution in [0.4, 0.5) is 0 Å². The molecule has 0 aliphatic heterocycles. The summed E-state index contributed by atoms with van der Waals surface area (Å²) in [6.07, 6.45) is 0. The molecule has 0 aliphatic carbocycles. The molecule has 2 aromatic rings. The second-order valence-electron chi connectivity index (χ2n) is 4.47. The summed E-state index contributed by atoms with van der Waals surface area (Å²) in [6.45, 7) is 7.15. The fraction of sp³-hybridized carbons (Fsp3) is 0.500. The third-order valence-corrected chi connectivity index (χ3v) is 2.51. The van der Waals surface area contributed by atoms with Gasteiger partial charge in [-0.25, -0.2) is 4.79 Å². The zero-order valence-electron chi connectivity index (χ0n) is 11.3. The van der Waals surface area contributed by atoms with E-state index < -0.39 is 5.97 Å². The molecule has 0 amide bonds. The molecule has 7 heteroatoms. The predicted molar refractivity (Wildman–Crippen MR) is 63.5 cm³/mol. The van der Waals surface area contributed by atoms with Crippen LogP contribution < -0.4 is 0 Å². The maximum atomic E-state index is 12.0. The molecular formula is C12H15N3O4. The number of carbonyl (C=O) groups is 1. The van der Waals surface area contributed by atoms with Crippen LogP contribution in [0, 0.1) is 13.8 Å². The maximum absolute atomic E-state index is 12.0. The lowest BCUT2D eigenvalue weighted by Gasteiger charge is -2.04. The highest BCUT2D eigenvalue weighted by molar-refractivity contribution is 5.91. The Kier molecular flexibility index (Phi) is 3.64. The van der Waals surface area contributed by atoms with Gasteiger partial charge in [-0.1, -0.05) is 24.2 Å². The van der Waals surface area contributed by atoms with Gasteiger partial charge in [0.2, 0.25) is 0 Å². The van der Waals surface area contributed by atoms with E-state index in [0.717, 1.165) is 0 Å². The molecule has 0 aliphatic rings. The van der Waals surface area contributed by atoms with Crippen LogP contribution in [0.3, 0.4) is 0 Å². The van der Waals surface area contributed by atoms with Gasteiger partial charge in [-0.05, 0) is 13.8 Å². The van der Waals surface area contributed by atoms with E-state index in [1.54, 1.807) is 13.8 Å². The van der Waals surface area contributed by atoms with Gasteiger partial charge in [0.15, 0.2) is 18.2 Å². The second kappa shape index (κ2) is 5.21. The number of rotatable bonds is 4. The summed E-state index contributed by atoms with van der Waals surface area (Å²) in [4.78, 5) is 16.0. The van der Waals surface area contributed by atoms with Crippen LogP contribution >= 0.6 is 0 Å². The van der Waals surface area contributed by atoms with Crippen molar-refractivity contribution in [3.8, 4) is 0 Å². The summed E-state index contributed by atoms with van der Waals surface area (Å²) < 4.78 is 15.1. The summed E-state index contributed by atoms with van der Waals surface area (Å²) >= 11 is 0. The molecule has 0 spiro atoms. The van der Waals surface area contributed by atoms with Gasteiger partial charge in [-0.3, -0.25) is 0 Å². The van der Waals surface area contributed by atoms with E-state index in [-0.39, 0.29) is 18.4 Å². The minimum Gasteiger partial charge on any atom is -0.452 e. The van der Waals surface area contributed by atoms with E-state index in [1.165, 1.54) is 0 Å². The summed E-state index contributed by atoms with van der Waals surface area (Å²) in [5.41, 5.74) is 0.877. The Morgan fingerprint density at radius 2 is 2.00 bits per heavy atom. The molecule has 19 heavy (non-hydrogen) atoms. The molecule has 0 N–H and O–H groups in total. The van der Waals surface area contributed by atoms with E-state index in [0.29, 0.717) is 22.8 Å². The largest absolute Gasteiger partial charge is 0.452 e. The number of hydrogen-bond donors (Lipinski definition) is 0. The molecular weight excluding hydrogens is 250 g/mol. The smallest absolute Gasteiger partial charge is 0.344 e.